The summed E-state index contributed by atoms with van der Waals surface area (Å²) in [5.41, 5.74) is 6.73. The third-order valence-electron chi connectivity index (χ3n) is 3.99. The Morgan fingerprint density at radius 1 is 1.42 bits per heavy atom. The first-order chi connectivity index (χ1) is 8.92. The molecule has 4 heteroatoms. The zero-order chi connectivity index (χ0) is 14.0. The van der Waals surface area contributed by atoms with Crippen LogP contribution >= 0.6 is 0 Å². The van der Waals surface area contributed by atoms with Crippen molar-refractivity contribution in [2.45, 2.75) is 51.1 Å². The number of rotatable bonds is 3. The van der Waals surface area contributed by atoms with E-state index in [0.717, 1.165) is 31.2 Å². The van der Waals surface area contributed by atoms with Crippen LogP contribution in [0.5, 0.6) is 0 Å². The van der Waals surface area contributed by atoms with Crippen molar-refractivity contribution in [2.75, 3.05) is 0 Å². The van der Waals surface area contributed by atoms with Gasteiger partial charge in [-0.3, -0.25) is 4.79 Å². The minimum atomic E-state index is -0.739. The molecule has 1 aromatic rings. The highest BCUT2D eigenvalue weighted by molar-refractivity contribution is 5.86. The number of halogens is 1. The Morgan fingerprint density at radius 2 is 2.05 bits per heavy atom. The first kappa shape index (κ1) is 14.0. The molecular formula is C15H21FN2O. The summed E-state index contributed by atoms with van der Waals surface area (Å²) in [6.07, 6.45) is 3.45. The van der Waals surface area contributed by atoms with Crippen molar-refractivity contribution < 1.29 is 9.18 Å². The van der Waals surface area contributed by atoms with E-state index in [0.29, 0.717) is 5.56 Å². The second kappa shape index (κ2) is 5.29. The molecule has 0 radical (unpaired) electrons. The zero-order valence-corrected chi connectivity index (χ0v) is 11.5. The van der Waals surface area contributed by atoms with E-state index in [-0.39, 0.29) is 17.8 Å². The molecule has 3 N–H and O–H groups in total. The van der Waals surface area contributed by atoms with Gasteiger partial charge in [-0.1, -0.05) is 25.0 Å². The summed E-state index contributed by atoms with van der Waals surface area (Å²) in [5.74, 6) is -0.375. The molecule has 1 amide bonds. The maximum Gasteiger partial charge on any atom is 0.240 e. The SMILES string of the molecule is Cc1ccc(C(C)NC(=O)C2(N)CCCC2)cc1F. The number of benzene rings is 1. The standard InChI is InChI=1S/C15H21FN2O/c1-10-5-6-12(9-13(10)16)11(2)18-14(19)15(17)7-3-4-8-15/h5-6,9,11H,3-4,7-8,17H2,1-2H3,(H,18,19). The van der Waals surface area contributed by atoms with Crippen LogP contribution in [0.25, 0.3) is 0 Å². The van der Waals surface area contributed by atoms with Crippen LogP contribution in [0.3, 0.4) is 0 Å². The van der Waals surface area contributed by atoms with E-state index in [1.807, 2.05) is 13.0 Å². The molecule has 0 heterocycles. The van der Waals surface area contributed by atoms with Crippen LogP contribution in [0, 0.1) is 12.7 Å². The van der Waals surface area contributed by atoms with Crippen molar-refractivity contribution in [2.24, 2.45) is 5.73 Å². The van der Waals surface area contributed by atoms with E-state index in [2.05, 4.69) is 5.32 Å². The van der Waals surface area contributed by atoms with E-state index < -0.39 is 5.54 Å². The van der Waals surface area contributed by atoms with E-state index in [1.165, 1.54) is 6.07 Å². The molecule has 1 saturated carbocycles. The Hall–Kier alpha value is -1.42. The van der Waals surface area contributed by atoms with Crippen molar-refractivity contribution in [3.05, 3.63) is 35.1 Å². The third kappa shape index (κ3) is 2.95. The Morgan fingerprint density at radius 3 is 2.63 bits per heavy atom. The van der Waals surface area contributed by atoms with Gasteiger partial charge < -0.3 is 11.1 Å². The lowest BCUT2D eigenvalue weighted by Crippen LogP contribution is -2.52. The van der Waals surface area contributed by atoms with Crippen LogP contribution < -0.4 is 11.1 Å². The lowest BCUT2D eigenvalue weighted by Gasteiger charge is -2.25. The number of carbonyl (C=O) groups excluding carboxylic acids is 1. The summed E-state index contributed by atoms with van der Waals surface area (Å²) in [6, 6.07) is 4.80. The van der Waals surface area contributed by atoms with Gasteiger partial charge in [-0.15, -0.1) is 0 Å². The summed E-state index contributed by atoms with van der Waals surface area (Å²) in [4.78, 5) is 12.2. The number of nitrogens with one attached hydrogen (secondary N) is 1. The van der Waals surface area contributed by atoms with E-state index in [9.17, 15) is 9.18 Å². The Kier molecular flexibility index (Phi) is 3.90. The number of amides is 1. The molecule has 1 aliphatic carbocycles. The van der Waals surface area contributed by atoms with Gasteiger partial charge in [0.2, 0.25) is 5.91 Å². The topological polar surface area (TPSA) is 55.1 Å². The van der Waals surface area contributed by atoms with Gasteiger partial charge in [0.05, 0.1) is 11.6 Å². The maximum absolute atomic E-state index is 13.5. The predicted molar refractivity (Wildman–Crippen MR) is 73.1 cm³/mol. The smallest absolute Gasteiger partial charge is 0.240 e. The van der Waals surface area contributed by atoms with Crippen LogP contribution in [0.4, 0.5) is 4.39 Å². The summed E-state index contributed by atoms with van der Waals surface area (Å²) < 4.78 is 13.5. The van der Waals surface area contributed by atoms with Crippen LogP contribution in [0.15, 0.2) is 18.2 Å². The number of nitrogens with two attached hydrogens (primary N) is 1. The summed E-state index contributed by atoms with van der Waals surface area (Å²) in [6.45, 7) is 3.57. The van der Waals surface area contributed by atoms with Crippen molar-refractivity contribution in [3.8, 4) is 0 Å². The van der Waals surface area contributed by atoms with Crippen LogP contribution in [-0.2, 0) is 4.79 Å². The van der Waals surface area contributed by atoms with Crippen LogP contribution in [-0.4, -0.2) is 11.4 Å². The minimum absolute atomic E-state index is 0.126. The van der Waals surface area contributed by atoms with Gasteiger partial charge in [-0.25, -0.2) is 4.39 Å². The van der Waals surface area contributed by atoms with Gasteiger partial charge in [-0.05, 0) is 43.9 Å². The molecule has 1 aromatic carbocycles. The second-order valence-electron chi connectivity index (χ2n) is 5.57. The molecule has 0 aromatic heterocycles. The average molecular weight is 264 g/mol. The number of hydrogen-bond donors (Lipinski definition) is 2. The summed E-state index contributed by atoms with van der Waals surface area (Å²) in [7, 11) is 0. The predicted octanol–water partition coefficient (Wildman–Crippen LogP) is 2.58. The van der Waals surface area contributed by atoms with Gasteiger partial charge in [0.25, 0.3) is 0 Å². The molecule has 1 atom stereocenters. The van der Waals surface area contributed by atoms with Crippen molar-refractivity contribution in [1.29, 1.82) is 0 Å². The molecule has 104 valence electrons. The maximum atomic E-state index is 13.5. The molecule has 3 nitrogen and oxygen atoms in total. The average Bonchev–Trinajstić information content (AvgIpc) is 2.81. The highest BCUT2D eigenvalue weighted by Gasteiger charge is 2.37. The van der Waals surface area contributed by atoms with E-state index >= 15 is 0 Å². The van der Waals surface area contributed by atoms with Gasteiger partial charge in [0, 0.05) is 0 Å². The van der Waals surface area contributed by atoms with Crippen LogP contribution in [0.2, 0.25) is 0 Å². The third-order valence-corrected chi connectivity index (χ3v) is 3.99. The fourth-order valence-corrected chi connectivity index (χ4v) is 2.54. The Balaban J connectivity index is 2.06. The van der Waals surface area contributed by atoms with Crippen LogP contribution in [0.1, 0.15) is 49.8 Å². The Labute approximate surface area is 113 Å². The fraction of sp³-hybridized carbons (Fsp3) is 0.533. The molecule has 1 unspecified atom stereocenters. The zero-order valence-electron chi connectivity index (χ0n) is 11.5. The molecule has 2 rings (SSSR count). The monoisotopic (exact) mass is 264 g/mol. The van der Waals surface area contributed by atoms with Gasteiger partial charge >= 0.3 is 0 Å². The quantitative estimate of drug-likeness (QED) is 0.881. The van der Waals surface area contributed by atoms with Crippen molar-refractivity contribution >= 4 is 5.91 Å². The number of hydrogen-bond acceptors (Lipinski definition) is 2. The largest absolute Gasteiger partial charge is 0.348 e. The lowest BCUT2D eigenvalue weighted by atomic mass is 9.97. The first-order valence-corrected chi connectivity index (χ1v) is 6.78. The van der Waals surface area contributed by atoms with Crippen molar-refractivity contribution in [1.82, 2.24) is 5.32 Å². The van der Waals surface area contributed by atoms with E-state index in [4.69, 9.17) is 5.73 Å². The number of carbonyl (C=O) groups is 1. The highest BCUT2D eigenvalue weighted by atomic mass is 19.1. The van der Waals surface area contributed by atoms with Gasteiger partial charge in [0.1, 0.15) is 5.82 Å². The molecule has 0 bridgehead atoms. The Bertz CT molecular complexity index is 481. The normalized spacial score (nSPS) is 19.2. The van der Waals surface area contributed by atoms with Crippen molar-refractivity contribution in [3.63, 3.8) is 0 Å². The summed E-state index contributed by atoms with van der Waals surface area (Å²) >= 11 is 0. The van der Waals surface area contributed by atoms with Gasteiger partial charge in [0.15, 0.2) is 0 Å². The first-order valence-electron chi connectivity index (χ1n) is 6.78. The highest BCUT2D eigenvalue weighted by Crippen LogP contribution is 2.28. The minimum Gasteiger partial charge on any atom is -0.348 e. The lowest BCUT2D eigenvalue weighted by molar-refractivity contribution is -0.126. The molecule has 1 aliphatic rings. The van der Waals surface area contributed by atoms with E-state index in [1.54, 1.807) is 13.0 Å². The molecule has 0 aliphatic heterocycles. The molecular weight excluding hydrogens is 243 g/mol. The molecule has 19 heavy (non-hydrogen) atoms. The molecule has 1 fully saturated rings. The molecule has 0 spiro atoms. The number of aryl methyl sites for hydroxylation is 1. The summed E-state index contributed by atoms with van der Waals surface area (Å²) in [5, 5.41) is 2.89. The molecule has 0 saturated heterocycles. The van der Waals surface area contributed by atoms with Gasteiger partial charge in [-0.2, -0.15) is 0 Å². The fourth-order valence-electron chi connectivity index (χ4n) is 2.54. The second-order valence-corrected chi connectivity index (χ2v) is 5.57.